The lowest BCUT2D eigenvalue weighted by molar-refractivity contribution is -0.253. The number of nitrogens with one attached hydrogen (secondary N) is 2. The van der Waals surface area contributed by atoms with Gasteiger partial charge in [-0.15, -0.1) is 0 Å². The molecule has 0 radical (unpaired) electrons. The average Bonchev–Trinajstić information content (AvgIpc) is 2.85. The van der Waals surface area contributed by atoms with Crippen LogP contribution >= 0.6 is 11.6 Å². The third-order valence-corrected chi connectivity index (χ3v) is 7.00. The van der Waals surface area contributed by atoms with E-state index in [2.05, 4.69) is 15.0 Å². The van der Waals surface area contributed by atoms with Gasteiger partial charge < -0.3 is 15.4 Å². The summed E-state index contributed by atoms with van der Waals surface area (Å²) in [7, 11) is 0. The maximum atomic E-state index is 14.9. The fourth-order valence-electron chi connectivity index (χ4n) is 4.57. The number of nitrogens with zero attached hydrogens (tertiary/aromatic N) is 1. The van der Waals surface area contributed by atoms with Crippen molar-refractivity contribution in [3.8, 4) is 5.75 Å². The Labute approximate surface area is 233 Å². The largest absolute Gasteiger partial charge is 0.461 e. The summed E-state index contributed by atoms with van der Waals surface area (Å²) in [6, 6.07) is 11.4. The van der Waals surface area contributed by atoms with Gasteiger partial charge in [0.25, 0.3) is 0 Å². The number of halogens is 9. The van der Waals surface area contributed by atoms with Gasteiger partial charge in [-0.05, 0) is 54.7 Å². The standard InChI is InChI=1S/C27H22ClF8N3O2/c28-18-7-8-21(37-15-18)25(14-16-5-2-1-3-6-16,39-23(40)38-24(9-4-10-24)27(34,35)36)17-11-19(29)13-20(12-17)41-26(32,33)22(30)31/h1-3,5-8,11-13,15,22H,4,9-10,14H2,(H2,38,39,40)/t25-/m0/s1. The Bertz CT molecular complexity index is 1370. The maximum absolute atomic E-state index is 14.9. The van der Waals surface area contributed by atoms with Gasteiger partial charge in [0, 0.05) is 18.7 Å². The van der Waals surface area contributed by atoms with E-state index in [1.54, 1.807) is 30.3 Å². The van der Waals surface area contributed by atoms with E-state index in [-0.39, 0.29) is 42.0 Å². The van der Waals surface area contributed by atoms with E-state index in [0.29, 0.717) is 11.6 Å². The fraction of sp³-hybridized carbons (Fsp3) is 0.333. The van der Waals surface area contributed by atoms with Crippen LogP contribution < -0.4 is 15.4 Å². The third-order valence-electron chi connectivity index (χ3n) is 6.78. The number of pyridine rings is 1. The van der Waals surface area contributed by atoms with Crippen LogP contribution in [-0.2, 0) is 12.0 Å². The van der Waals surface area contributed by atoms with Crippen molar-refractivity contribution in [2.45, 2.75) is 55.5 Å². The number of carbonyl (C=O) groups is 1. The highest BCUT2D eigenvalue weighted by Crippen LogP contribution is 2.45. The predicted octanol–water partition coefficient (Wildman–Crippen LogP) is 7.38. The zero-order chi connectivity index (χ0) is 30.1. The lowest BCUT2D eigenvalue weighted by Crippen LogP contribution is -2.66. The van der Waals surface area contributed by atoms with Crippen LogP contribution in [-0.4, -0.2) is 35.3 Å². The summed E-state index contributed by atoms with van der Waals surface area (Å²) < 4.78 is 114. The number of urea groups is 1. The summed E-state index contributed by atoms with van der Waals surface area (Å²) in [5.41, 5.74) is -4.50. The van der Waals surface area contributed by atoms with E-state index in [1.807, 2.05) is 5.32 Å². The number of amides is 2. The van der Waals surface area contributed by atoms with E-state index in [4.69, 9.17) is 11.6 Å². The number of benzene rings is 2. The molecule has 1 aromatic heterocycles. The molecule has 2 N–H and O–H groups in total. The number of hydrogen-bond donors (Lipinski definition) is 2. The molecule has 1 aliphatic rings. The monoisotopic (exact) mass is 607 g/mol. The molecule has 1 saturated carbocycles. The molecular formula is C27H22ClF8N3O2. The fourth-order valence-corrected chi connectivity index (χ4v) is 4.68. The highest BCUT2D eigenvalue weighted by atomic mass is 35.5. The molecular weight excluding hydrogens is 586 g/mol. The van der Waals surface area contributed by atoms with Crippen molar-refractivity contribution in [1.82, 2.24) is 15.6 Å². The van der Waals surface area contributed by atoms with Crippen LogP contribution in [0.4, 0.5) is 39.9 Å². The van der Waals surface area contributed by atoms with Crippen molar-refractivity contribution in [3.63, 3.8) is 0 Å². The second kappa shape index (κ2) is 11.3. The van der Waals surface area contributed by atoms with E-state index < -0.39 is 47.4 Å². The van der Waals surface area contributed by atoms with Gasteiger partial charge in [-0.1, -0.05) is 41.9 Å². The number of hydrogen-bond acceptors (Lipinski definition) is 3. The van der Waals surface area contributed by atoms with Crippen molar-refractivity contribution < 1.29 is 44.7 Å². The van der Waals surface area contributed by atoms with Crippen molar-refractivity contribution in [3.05, 3.63) is 94.5 Å². The zero-order valence-electron chi connectivity index (χ0n) is 20.9. The van der Waals surface area contributed by atoms with Crippen LogP contribution in [0.3, 0.4) is 0 Å². The highest BCUT2D eigenvalue weighted by Gasteiger charge is 2.59. The molecule has 0 saturated heterocycles. The smallest absolute Gasteiger partial charge is 0.428 e. The third kappa shape index (κ3) is 6.50. The van der Waals surface area contributed by atoms with Crippen molar-refractivity contribution in [2.75, 3.05) is 0 Å². The van der Waals surface area contributed by atoms with Gasteiger partial charge in [-0.25, -0.2) is 9.18 Å². The van der Waals surface area contributed by atoms with Gasteiger partial charge in [-0.2, -0.15) is 30.7 Å². The van der Waals surface area contributed by atoms with Crippen LogP contribution in [0.2, 0.25) is 5.02 Å². The summed E-state index contributed by atoms with van der Waals surface area (Å²) in [4.78, 5) is 17.5. The molecule has 1 fully saturated rings. The molecule has 2 amide bonds. The molecule has 1 heterocycles. The highest BCUT2D eigenvalue weighted by molar-refractivity contribution is 6.30. The van der Waals surface area contributed by atoms with Crippen molar-refractivity contribution in [1.29, 1.82) is 0 Å². The minimum absolute atomic E-state index is 0.0762. The van der Waals surface area contributed by atoms with Gasteiger partial charge in [0.2, 0.25) is 0 Å². The summed E-state index contributed by atoms with van der Waals surface area (Å²) in [5, 5.41) is 4.56. The maximum Gasteiger partial charge on any atom is 0.461 e. The first-order chi connectivity index (χ1) is 19.2. The van der Waals surface area contributed by atoms with Gasteiger partial charge in [0.15, 0.2) is 0 Å². The quantitative estimate of drug-likeness (QED) is 0.250. The number of aromatic nitrogens is 1. The Kier molecular flexibility index (Phi) is 8.40. The molecule has 41 heavy (non-hydrogen) atoms. The molecule has 0 unspecified atom stereocenters. The Morgan fingerprint density at radius 1 is 1.02 bits per heavy atom. The van der Waals surface area contributed by atoms with Crippen LogP contribution in [0.1, 0.15) is 36.1 Å². The van der Waals surface area contributed by atoms with Gasteiger partial charge in [-0.3, -0.25) is 4.98 Å². The van der Waals surface area contributed by atoms with E-state index in [1.165, 1.54) is 12.1 Å². The molecule has 1 aliphatic carbocycles. The average molecular weight is 608 g/mol. The predicted molar refractivity (Wildman–Crippen MR) is 132 cm³/mol. The zero-order valence-corrected chi connectivity index (χ0v) is 21.7. The first-order valence-electron chi connectivity index (χ1n) is 12.1. The minimum Gasteiger partial charge on any atom is -0.428 e. The lowest BCUT2D eigenvalue weighted by Gasteiger charge is -2.44. The van der Waals surface area contributed by atoms with E-state index in [0.717, 1.165) is 18.3 Å². The Hall–Kier alpha value is -3.61. The SMILES string of the molecule is O=C(NC1(C(F)(F)F)CCC1)N[C@@](Cc1ccccc1)(c1cc(F)cc(OC(F)(F)C(F)F)c1)c1ccc(Cl)cn1. The molecule has 14 heteroatoms. The van der Waals surface area contributed by atoms with Crippen LogP contribution in [0.25, 0.3) is 0 Å². The molecule has 0 aliphatic heterocycles. The number of alkyl halides is 7. The summed E-state index contributed by atoms with van der Waals surface area (Å²) in [5.74, 6) is -2.24. The number of rotatable bonds is 9. The topological polar surface area (TPSA) is 63.2 Å². The van der Waals surface area contributed by atoms with Gasteiger partial charge in [0.05, 0.1) is 10.7 Å². The lowest BCUT2D eigenvalue weighted by atomic mass is 9.76. The van der Waals surface area contributed by atoms with Crippen LogP contribution in [0.15, 0.2) is 66.9 Å². The molecule has 3 aromatic rings. The van der Waals surface area contributed by atoms with Crippen LogP contribution in [0.5, 0.6) is 5.75 Å². The summed E-state index contributed by atoms with van der Waals surface area (Å²) in [6.07, 6.45) is -13.7. The first kappa shape index (κ1) is 30.4. The second-order valence-corrected chi connectivity index (χ2v) is 10.0. The summed E-state index contributed by atoms with van der Waals surface area (Å²) >= 11 is 5.97. The molecule has 4 rings (SSSR count). The molecule has 1 atom stereocenters. The Balaban J connectivity index is 1.88. The van der Waals surface area contributed by atoms with Crippen molar-refractivity contribution >= 4 is 17.6 Å². The number of carbonyl (C=O) groups excluding carboxylic acids is 1. The van der Waals surface area contributed by atoms with Crippen molar-refractivity contribution in [2.24, 2.45) is 0 Å². The Morgan fingerprint density at radius 2 is 1.71 bits per heavy atom. The Morgan fingerprint density at radius 3 is 2.24 bits per heavy atom. The summed E-state index contributed by atoms with van der Waals surface area (Å²) in [6.45, 7) is 0. The number of ether oxygens (including phenoxy) is 1. The van der Waals surface area contributed by atoms with E-state index >= 15 is 0 Å². The van der Waals surface area contributed by atoms with Gasteiger partial charge >= 0.3 is 24.7 Å². The molecule has 220 valence electrons. The molecule has 2 aromatic carbocycles. The van der Waals surface area contributed by atoms with Crippen LogP contribution in [0, 0.1) is 5.82 Å². The minimum atomic E-state index is -5.00. The van der Waals surface area contributed by atoms with E-state index in [9.17, 15) is 39.9 Å². The molecule has 0 spiro atoms. The molecule has 0 bridgehead atoms. The normalized spacial score (nSPS) is 16.4. The second-order valence-electron chi connectivity index (χ2n) is 9.58. The van der Waals surface area contributed by atoms with Gasteiger partial charge in [0.1, 0.15) is 22.6 Å². The molecule has 5 nitrogen and oxygen atoms in total. The first-order valence-corrected chi connectivity index (χ1v) is 12.5.